The van der Waals surface area contributed by atoms with Gasteiger partial charge in [0.2, 0.25) is 0 Å². The van der Waals surface area contributed by atoms with E-state index >= 15 is 0 Å². The summed E-state index contributed by atoms with van der Waals surface area (Å²) in [5.41, 5.74) is -0.759. The fourth-order valence-corrected chi connectivity index (χ4v) is 2.40. The predicted octanol–water partition coefficient (Wildman–Crippen LogP) is -0.559. The Hall–Kier alpha value is -0.970. The van der Waals surface area contributed by atoms with Crippen LogP contribution in [-0.4, -0.2) is 39.1 Å². The van der Waals surface area contributed by atoms with Crippen LogP contribution in [0.15, 0.2) is 19.9 Å². The molecule has 0 aromatic carbocycles. The summed E-state index contributed by atoms with van der Waals surface area (Å²) in [5, 5.41) is 18.3. The Labute approximate surface area is 121 Å². The smallest absolute Gasteiger partial charge is 0.330 e. The maximum Gasteiger partial charge on any atom is 0.330 e. The average Bonchev–Trinajstić information content (AvgIpc) is 2.34. The van der Waals surface area contributed by atoms with E-state index < -0.39 is 23.6 Å². The van der Waals surface area contributed by atoms with Gasteiger partial charge in [0.15, 0.2) is 0 Å². The van der Waals surface area contributed by atoms with Gasteiger partial charge in [0, 0.05) is 6.20 Å². The van der Waals surface area contributed by atoms with Crippen molar-refractivity contribution in [1.29, 1.82) is 0 Å². The van der Waals surface area contributed by atoms with Crippen LogP contribution in [0.2, 0.25) is 0 Å². The number of nitrogens with zero attached hydrogens (tertiary/aromatic N) is 1. The normalized spacial score (nSPS) is 26.6. The minimum Gasteiger partial charge on any atom is -0.396 e. The number of aromatic amines is 1. The summed E-state index contributed by atoms with van der Waals surface area (Å²) in [6.07, 6.45) is 1.79. The Balaban J connectivity index is 2.38. The van der Waals surface area contributed by atoms with Gasteiger partial charge in [0.05, 0.1) is 30.8 Å². The van der Waals surface area contributed by atoms with Crippen molar-refractivity contribution in [3.63, 3.8) is 0 Å². The Morgan fingerprint density at radius 1 is 1.42 bits per heavy atom. The zero-order valence-corrected chi connectivity index (χ0v) is 12.0. The minimum atomic E-state index is -0.673. The maximum absolute atomic E-state index is 11.7. The first-order valence-electron chi connectivity index (χ1n) is 5.61. The summed E-state index contributed by atoms with van der Waals surface area (Å²) in [7, 11) is 0. The molecule has 3 N–H and O–H groups in total. The van der Waals surface area contributed by atoms with Gasteiger partial charge in [-0.2, -0.15) is 0 Å². The van der Waals surface area contributed by atoms with Crippen LogP contribution in [-0.2, 0) is 4.74 Å². The highest BCUT2D eigenvalue weighted by Gasteiger charge is 2.43. The molecule has 0 aliphatic carbocycles. The molecule has 0 spiro atoms. The highest BCUT2D eigenvalue weighted by Crippen LogP contribution is 2.35. The van der Waals surface area contributed by atoms with Crippen LogP contribution >= 0.6 is 22.6 Å². The van der Waals surface area contributed by atoms with Crippen LogP contribution < -0.4 is 11.2 Å². The second kappa shape index (κ2) is 5.99. The number of aliphatic hydroxyl groups is 2. The monoisotopic (exact) mass is 380 g/mol. The van der Waals surface area contributed by atoms with Gasteiger partial charge < -0.3 is 14.9 Å². The van der Waals surface area contributed by atoms with Crippen molar-refractivity contribution < 1.29 is 14.9 Å². The molecule has 1 aliphatic rings. The Bertz CT molecular complexity index is 593. The van der Waals surface area contributed by atoms with Crippen LogP contribution in [0.1, 0.15) is 11.8 Å². The number of rotatable bonds is 4. The molecule has 0 amide bonds. The highest BCUT2D eigenvalue weighted by atomic mass is 127. The predicted molar refractivity (Wildman–Crippen MR) is 75.9 cm³/mol. The van der Waals surface area contributed by atoms with Gasteiger partial charge in [-0.1, -0.05) is 22.6 Å². The quantitative estimate of drug-likeness (QED) is 0.608. The zero-order valence-electron chi connectivity index (χ0n) is 9.82. The molecular formula is C11H13IN2O5. The van der Waals surface area contributed by atoms with Gasteiger partial charge in [-0.05, 0) is 10.2 Å². The van der Waals surface area contributed by atoms with Crippen LogP contribution in [0, 0.1) is 5.92 Å². The van der Waals surface area contributed by atoms with Crippen LogP contribution in [0.4, 0.5) is 0 Å². The average molecular weight is 380 g/mol. The summed E-state index contributed by atoms with van der Waals surface area (Å²) in [5.74, 6) is -0.370. The van der Waals surface area contributed by atoms with E-state index in [9.17, 15) is 14.7 Å². The number of hydrogen-bond donors (Lipinski definition) is 3. The molecule has 19 heavy (non-hydrogen) atoms. The second-order valence-electron chi connectivity index (χ2n) is 4.14. The molecule has 1 fully saturated rings. The highest BCUT2D eigenvalue weighted by molar-refractivity contribution is 14.1. The molecule has 0 saturated carbocycles. The van der Waals surface area contributed by atoms with Gasteiger partial charge in [-0.25, -0.2) is 4.79 Å². The Kier molecular flexibility index (Phi) is 4.55. The first-order chi connectivity index (χ1) is 9.12. The van der Waals surface area contributed by atoms with Crippen molar-refractivity contribution in [2.45, 2.75) is 12.3 Å². The molecule has 1 saturated heterocycles. The molecule has 0 bridgehead atoms. The first kappa shape index (κ1) is 14.4. The molecule has 7 nitrogen and oxygen atoms in total. The minimum absolute atomic E-state index is 0.209. The van der Waals surface area contributed by atoms with Crippen molar-refractivity contribution in [2.75, 3.05) is 13.2 Å². The van der Waals surface area contributed by atoms with E-state index in [2.05, 4.69) is 4.98 Å². The summed E-state index contributed by atoms with van der Waals surface area (Å²) in [4.78, 5) is 25.5. The van der Waals surface area contributed by atoms with Crippen molar-refractivity contribution >= 4 is 28.7 Å². The van der Waals surface area contributed by atoms with Crippen LogP contribution in [0.5, 0.6) is 0 Å². The van der Waals surface area contributed by atoms with E-state index in [1.165, 1.54) is 10.8 Å². The first-order valence-corrected chi connectivity index (χ1v) is 6.86. The molecule has 8 heteroatoms. The lowest BCUT2D eigenvalue weighted by molar-refractivity contribution is -0.246. The SMILES string of the molecule is O=c1[nH]c(=O)n([C@@H]2O[C@H](CO)[C@H]2CO)cc1C=CI. The largest absolute Gasteiger partial charge is 0.396 e. The van der Waals surface area contributed by atoms with E-state index in [0.29, 0.717) is 5.56 Å². The fraction of sp³-hybridized carbons (Fsp3) is 0.455. The van der Waals surface area contributed by atoms with E-state index in [4.69, 9.17) is 9.84 Å². The number of nitrogens with one attached hydrogen (secondary N) is 1. The Morgan fingerprint density at radius 3 is 2.74 bits per heavy atom. The van der Waals surface area contributed by atoms with E-state index in [1.807, 2.05) is 22.6 Å². The van der Waals surface area contributed by atoms with Crippen molar-refractivity contribution in [3.05, 3.63) is 36.7 Å². The molecule has 1 aromatic heterocycles. The molecule has 0 unspecified atom stereocenters. The van der Waals surface area contributed by atoms with E-state index in [1.54, 1.807) is 10.2 Å². The lowest BCUT2D eigenvalue weighted by atomic mass is 9.95. The number of H-pyrrole nitrogens is 1. The van der Waals surface area contributed by atoms with Gasteiger partial charge in [0.1, 0.15) is 6.23 Å². The number of ether oxygens (including phenoxy) is 1. The van der Waals surface area contributed by atoms with E-state index in [0.717, 1.165) is 0 Å². The second-order valence-corrected chi connectivity index (χ2v) is 4.86. The number of hydrogen-bond acceptors (Lipinski definition) is 5. The molecule has 3 atom stereocenters. The van der Waals surface area contributed by atoms with Crippen LogP contribution in [0.25, 0.3) is 6.08 Å². The molecule has 1 aliphatic heterocycles. The van der Waals surface area contributed by atoms with Gasteiger partial charge in [-0.15, -0.1) is 0 Å². The van der Waals surface area contributed by atoms with Gasteiger partial charge >= 0.3 is 5.69 Å². The van der Waals surface area contributed by atoms with E-state index in [-0.39, 0.29) is 19.1 Å². The summed E-state index contributed by atoms with van der Waals surface area (Å²) in [6.45, 7) is -0.431. The van der Waals surface area contributed by atoms with Gasteiger partial charge in [0.25, 0.3) is 5.56 Å². The third-order valence-electron chi connectivity index (χ3n) is 3.06. The lowest BCUT2D eigenvalue weighted by Crippen LogP contribution is -2.52. The number of aromatic nitrogens is 2. The molecule has 2 heterocycles. The molecule has 0 radical (unpaired) electrons. The third kappa shape index (κ3) is 2.66. The molecule has 104 valence electrons. The third-order valence-corrected chi connectivity index (χ3v) is 3.42. The Morgan fingerprint density at radius 2 is 2.16 bits per heavy atom. The fourth-order valence-electron chi connectivity index (χ4n) is 2.01. The lowest BCUT2D eigenvalue weighted by Gasteiger charge is -2.43. The van der Waals surface area contributed by atoms with Crippen molar-refractivity contribution in [3.8, 4) is 0 Å². The number of aliphatic hydroxyl groups excluding tert-OH is 2. The van der Waals surface area contributed by atoms with Gasteiger partial charge in [-0.3, -0.25) is 14.3 Å². The van der Waals surface area contributed by atoms with Crippen molar-refractivity contribution in [1.82, 2.24) is 9.55 Å². The number of halogens is 1. The summed E-state index contributed by atoms with van der Waals surface area (Å²) in [6, 6.07) is 0. The van der Waals surface area contributed by atoms with Crippen LogP contribution in [0.3, 0.4) is 0 Å². The molecular weight excluding hydrogens is 367 g/mol. The summed E-state index contributed by atoms with van der Waals surface area (Å²) < 4.78 is 8.21. The topological polar surface area (TPSA) is 105 Å². The maximum atomic E-state index is 11.7. The molecule has 1 aromatic rings. The standard InChI is InChI=1S/C11H13IN2O5/c12-2-1-6-3-14(11(18)13-9(6)17)10-7(4-15)8(5-16)19-10/h1-3,7-8,10,15-16H,4-5H2,(H,13,17,18)/t7-,8-,10-/m1/s1. The zero-order chi connectivity index (χ0) is 14.0. The summed E-state index contributed by atoms with van der Waals surface area (Å²) >= 11 is 1.96. The molecule has 2 rings (SSSR count). The van der Waals surface area contributed by atoms with Crippen molar-refractivity contribution in [2.24, 2.45) is 5.92 Å².